The molecule has 0 radical (unpaired) electrons. The van der Waals surface area contributed by atoms with Gasteiger partial charge in [-0.1, -0.05) is 18.2 Å². The molecule has 1 fully saturated rings. The lowest BCUT2D eigenvalue weighted by Crippen LogP contribution is -2.48. The van der Waals surface area contributed by atoms with E-state index in [1.807, 2.05) is 32.0 Å². The van der Waals surface area contributed by atoms with Crippen molar-refractivity contribution in [1.82, 2.24) is 9.80 Å². The Balaban J connectivity index is 1.15. The van der Waals surface area contributed by atoms with Crippen molar-refractivity contribution in [3.05, 3.63) is 69.3 Å². The number of fused-ring (bicyclic) bond motifs is 2. The van der Waals surface area contributed by atoms with Gasteiger partial charge in [0.25, 0.3) is 0 Å². The first-order valence-electron chi connectivity index (χ1n) is 12.2. The average molecular weight is 481 g/mol. The molecule has 0 saturated carbocycles. The topological polar surface area (TPSA) is 99.5 Å². The molecule has 3 aliphatic heterocycles. The molecule has 35 heavy (non-hydrogen) atoms. The van der Waals surface area contributed by atoms with Crippen molar-refractivity contribution in [1.29, 1.82) is 0 Å². The summed E-state index contributed by atoms with van der Waals surface area (Å²) < 4.78 is 10.4. The molecule has 0 spiro atoms. The molecule has 0 aromatic heterocycles. The lowest BCUT2D eigenvalue weighted by Gasteiger charge is -2.36. The summed E-state index contributed by atoms with van der Waals surface area (Å²) in [6.45, 7) is 8.30. The molecule has 8 nitrogen and oxygen atoms in total. The highest BCUT2D eigenvalue weighted by Crippen LogP contribution is 2.30. The predicted octanol–water partition coefficient (Wildman–Crippen LogP) is 2.15. The molecule has 3 atom stereocenters. The Morgan fingerprint density at radius 3 is 2.31 bits per heavy atom. The number of esters is 2. The highest BCUT2D eigenvalue weighted by atomic mass is 16.5. The number of benzene rings is 2. The van der Waals surface area contributed by atoms with Crippen LogP contribution in [0.2, 0.25) is 0 Å². The third-order valence-electron chi connectivity index (χ3n) is 7.44. The van der Waals surface area contributed by atoms with Crippen LogP contribution in [0.15, 0.2) is 30.3 Å². The lowest BCUT2D eigenvalue weighted by atomic mass is 9.95. The van der Waals surface area contributed by atoms with E-state index in [1.54, 1.807) is 12.1 Å². The van der Waals surface area contributed by atoms with E-state index in [2.05, 4.69) is 9.80 Å². The smallest absolute Gasteiger partial charge is 0.338 e. The van der Waals surface area contributed by atoms with Crippen LogP contribution in [0.25, 0.3) is 0 Å². The Hall–Kier alpha value is -2.78. The van der Waals surface area contributed by atoms with E-state index >= 15 is 0 Å². The van der Waals surface area contributed by atoms with Crippen molar-refractivity contribution in [3.63, 3.8) is 0 Å². The number of nitrogens with zero attached hydrogens (tertiary/aromatic N) is 2. The molecule has 2 aromatic rings. The zero-order valence-corrected chi connectivity index (χ0v) is 20.2. The standard InChI is InChI=1S/C27H32N2O6/c1-16-11-19-12-18(3-4-21(19)27(33)35-16)24(30)13-28-7-9-29(10-8-28)14-25(31)20-5-6-22-23(17(20)2)15-34-26(22)32/h3-6,12,16,24-25,30-31H,7-11,13-15H2,1-2H3/t16-,24?,25+/m1/s1. The number of carbonyl (C=O) groups is 2. The third-order valence-corrected chi connectivity index (χ3v) is 7.44. The Morgan fingerprint density at radius 1 is 0.943 bits per heavy atom. The summed E-state index contributed by atoms with van der Waals surface area (Å²) in [5.41, 5.74) is 5.57. The Labute approximate surface area is 205 Å². The maximum absolute atomic E-state index is 12.0. The van der Waals surface area contributed by atoms with E-state index in [4.69, 9.17) is 9.47 Å². The van der Waals surface area contributed by atoms with Crippen LogP contribution in [-0.4, -0.2) is 77.3 Å². The predicted molar refractivity (Wildman–Crippen MR) is 128 cm³/mol. The van der Waals surface area contributed by atoms with Crippen LogP contribution >= 0.6 is 0 Å². The second-order valence-corrected chi connectivity index (χ2v) is 9.85. The minimum absolute atomic E-state index is 0.151. The van der Waals surface area contributed by atoms with Gasteiger partial charge in [0.1, 0.15) is 12.7 Å². The molecular weight excluding hydrogens is 448 g/mol. The Bertz CT molecular complexity index is 1140. The molecule has 1 saturated heterocycles. The van der Waals surface area contributed by atoms with Crippen molar-refractivity contribution in [2.45, 2.75) is 45.2 Å². The number of rotatable bonds is 6. The minimum atomic E-state index is -0.641. The molecule has 8 heteroatoms. The summed E-state index contributed by atoms with van der Waals surface area (Å²) in [6.07, 6.45) is -0.764. The lowest BCUT2D eigenvalue weighted by molar-refractivity contribution is 0.0299. The quantitative estimate of drug-likeness (QED) is 0.607. The third kappa shape index (κ3) is 4.84. The Kier molecular flexibility index (Phi) is 6.63. The number of aliphatic hydroxyl groups is 2. The summed E-state index contributed by atoms with van der Waals surface area (Å²) in [6, 6.07) is 9.08. The summed E-state index contributed by atoms with van der Waals surface area (Å²) in [5.74, 6) is -0.593. The molecule has 3 aliphatic rings. The van der Waals surface area contributed by atoms with Crippen LogP contribution in [-0.2, 0) is 22.5 Å². The van der Waals surface area contributed by atoms with Gasteiger partial charge in [-0.3, -0.25) is 9.80 Å². The summed E-state index contributed by atoms with van der Waals surface area (Å²) in [5, 5.41) is 21.7. The molecule has 1 unspecified atom stereocenters. The van der Waals surface area contributed by atoms with E-state index in [0.717, 1.165) is 54.0 Å². The fraction of sp³-hybridized carbons (Fsp3) is 0.481. The van der Waals surface area contributed by atoms with Crippen LogP contribution in [0.3, 0.4) is 0 Å². The van der Waals surface area contributed by atoms with Gasteiger partial charge in [-0.2, -0.15) is 0 Å². The molecule has 2 aromatic carbocycles. The SMILES string of the molecule is Cc1c([C@@H](O)CN2CCN(CC(O)c3ccc4c(c3)C[C@@H](C)OC4=O)CC2)ccc2c1COC2=O. The van der Waals surface area contributed by atoms with Crippen LogP contribution in [0.4, 0.5) is 0 Å². The molecule has 3 heterocycles. The van der Waals surface area contributed by atoms with Gasteiger partial charge >= 0.3 is 11.9 Å². The normalized spacial score (nSPS) is 22.2. The summed E-state index contributed by atoms with van der Waals surface area (Å²) in [7, 11) is 0. The second kappa shape index (κ2) is 9.70. The highest BCUT2D eigenvalue weighted by molar-refractivity contribution is 5.94. The highest BCUT2D eigenvalue weighted by Gasteiger charge is 2.28. The van der Waals surface area contributed by atoms with Crippen LogP contribution in [0.1, 0.15) is 67.7 Å². The van der Waals surface area contributed by atoms with Gasteiger partial charge < -0.3 is 19.7 Å². The molecule has 5 rings (SSSR count). The number of aliphatic hydroxyl groups excluding tert-OH is 2. The number of piperazine rings is 1. The largest absolute Gasteiger partial charge is 0.459 e. The Morgan fingerprint density at radius 2 is 1.60 bits per heavy atom. The number of β-amino-alcohol motifs (C(OH)–C–C–N with tert-alkyl or cyclic N) is 2. The monoisotopic (exact) mass is 480 g/mol. The van der Waals surface area contributed by atoms with Gasteiger partial charge in [0.05, 0.1) is 23.3 Å². The maximum Gasteiger partial charge on any atom is 0.338 e. The number of hydrogen-bond donors (Lipinski definition) is 2. The maximum atomic E-state index is 12.0. The van der Waals surface area contributed by atoms with Gasteiger partial charge in [-0.25, -0.2) is 9.59 Å². The van der Waals surface area contributed by atoms with Crippen LogP contribution < -0.4 is 0 Å². The minimum Gasteiger partial charge on any atom is -0.459 e. The number of ether oxygens (including phenoxy) is 2. The van der Waals surface area contributed by atoms with E-state index in [1.165, 1.54) is 0 Å². The fourth-order valence-electron chi connectivity index (χ4n) is 5.36. The fourth-order valence-corrected chi connectivity index (χ4v) is 5.36. The van der Waals surface area contributed by atoms with Gasteiger partial charge in [-0.15, -0.1) is 0 Å². The van der Waals surface area contributed by atoms with Crippen molar-refractivity contribution >= 4 is 11.9 Å². The number of hydrogen-bond acceptors (Lipinski definition) is 8. The second-order valence-electron chi connectivity index (χ2n) is 9.85. The zero-order valence-electron chi connectivity index (χ0n) is 20.2. The molecule has 0 aliphatic carbocycles. The van der Waals surface area contributed by atoms with E-state index < -0.39 is 12.2 Å². The first kappa shape index (κ1) is 23.9. The van der Waals surface area contributed by atoms with Crippen molar-refractivity contribution < 1.29 is 29.3 Å². The van der Waals surface area contributed by atoms with Gasteiger partial charge in [0.2, 0.25) is 0 Å². The molecule has 0 bridgehead atoms. The first-order chi connectivity index (χ1) is 16.8. The van der Waals surface area contributed by atoms with E-state index in [9.17, 15) is 19.8 Å². The summed E-state index contributed by atoms with van der Waals surface area (Å²) >= 11 is 0. The number of carbonyl (C=O) groups excluding carboxylic acids is 2. The molecule has 0 amide bonds. The molecule has 186 valence electrons. The van der Waals surface area contributed by atoms with Crippen LogP contribution in [0.5, 0.6) is 0 Å². The summed E-state index contributed by atoms with van der Waals surface area (Å²) in [4.78, 5) is 28.3. The van der Waals surface area contributed by atoms with Gasteiger partial charge in [-0.05, 0) is 48.2 Å². The molecular formula is C27H32N2O6. The van der Waals surface area contributed by atoms with Gasteiger partial charge in [0.15, 0.2) is 0 Å². The molecule has 2 N–H and O–H groups in total. The number of cyclic esters (lactones) is 2. The van der Waals surface area contributed by atoms with Crippen LogP contribution in [0, 0.1) is 6.92 Å². The van der Waals surface area contributed by atoms with E-state index in [0.29, 0.717) is 30.6 Å². The first-order valence-corrected chi connectivity index (χ1v) is 12.2. The van der Waals surface area contributed by atoms with E-state index in [-0.39, 0.29) is 24.6 Å². The zero-order chi connectivity index (χ0) is 24.7. The van der Waals surface area contributed by atoms with Gasteiger partial charge in [0, 0.05) is 51.3 Å². The average Bonchev–Trinajstić information content (AvgIpc) is 3.21. The van der Waals surface area contributed by atoms with Crippen molar-refractivity contribution in [2.24, 2.45) is 0 Å². The van der Waals surface area contributed by atoms with Crippen molar-refractivity contribution in [3.8, 4) is 0 Å². The van der Waals surface area contributed by atoms with Crippen molar-refractivity contribution in [2.75, 3.05) is 39.3 Å².